The molecule has 0 aromatic carbocycles. The van der Waals surface area contributed by atoms with Crippen LogP contribution in [0.25, 0.3) is 0 Å². The molecule has 0 aromatic rings. The van der Waals surface area contributed by atoms with Gasteiger partial charge in [-0.2, -0.15) is 0 Å². The molecule has 2 nitrogen and oxygen atoms in total. The lowest BCUT2D eigenvalue weighted by atomic mass is 9.93. The van der Waals surface area contributed by atoms with E-state index in [1.807, 2.05) is 13.8 Å². The van der Waals surface area contributed by atoms with Crippen molar-refractivity contribution in [3.8, 4) is 0 Å². The predicted molar refractivity (Wildman–Crippen MR) is 59.4 cm³/mol. The van der Waals surface area contributed by atoms with Crippen molar-refractivity contribution in [3.63, 3.8) is 0 Å². The van der Waals surface area contributed by atoms with E-state index in [1.54, 1.807) is 7.11 Å². The summed E-state index contributed by atoms with van der Waals surface area (Å²) in [6.45, 7) is 8.20. The Bertz CT molecular complexity index is 173. The lowest BCUT2D eigenvalue weighted by molar-refractivity contribution is -0.124. The van der Waals surface area contributed by atoms with E-state index < -0.39 is 0 Å². The molecular weight excluding hydrogens is 176 g/mol. The van der Waals surface area contributed by atoms with Crippen LogP contribution in [-0.4, -0.2) is 18.5 Å². The standard InChI is InChI=1S/C12H24O2/c1-6-7-10(2)8-11(13)9-12(3,4)14-5/h10H,6-9H2,1-5H3. The van der Waals surface area contributed by atoms with Gasteiger partial charge in [0.25, 0.3) is 0 Å². The van der Waals surface area contributed by atoms with Crippen LogP contribution < -0.4 is 0 Å². The van der Waals surface area contributed by atoms with Crippen LogP contribution in [0.2, 0.25) is 0 Å². The largest absolute Gasteiger partial charge is 0.378 e. The fourth-order valence-corrected chi connectivity index (χ4v) is 1.60. The summed E-state index contributed by atoms with van der Waals surface area (Å²) in [7, 11) is 1.66. The summed E-state index contributed by atoms with van der Waals surface area (Å²) in [6, 6.07) is 0. The number of carbonyl (C=O) groups excluding carboxylic acids is 1. The molecule has 0 radical (unpaired) electrons. The summed E-state index contributed by atoms with van der Waals surface area (Å²) in [5.74, 6) is 0.831. The number of hydrogen-bond donors (Lipinski definition) is 0. The Morgan fingerprint density at radius 3 is 2.43 bits per heavy atom. The van der Waals surface area contributed by atoms with Gasteiger partial charge < -0.3 is 4.74 Å². The van der Waals surface area contributed by atoms with Gasteiger partial charge in [-0.3, -0.25) is 4.79 Å². The second-order valence-corrected chi connectivity index (χ2v) is 4.78. The average Bonchev–Trinajstić information content (AvgIpc) is 2.03. The van der Waals surface area contributed by atoms with E-state index in [0.29, 0.717) is 24.5 Å². The normalized spacial score (nSPS) is 14.1. The van der Waals surface area contributed by atoms with Gasteiger partial charge in [0, 0.05) is 20.0 Å². The zero-order valence-electron chi connectivity index (χ0n) is 10.2. The molecule has 0 aliphatic carbocycles. The van der Waals surface area contributed by atoms with E-state index in [0.717, 1.165) is 12.8 Å². The number of ketones is 1. The average molecular weight is 200 g/mol. The van der Waals surface area contributed by atoms with Gasteiger partial charge in [0.05, 0.1) is 5.60 Å². The van der Waals surface area contributed by atoms with E-state index in [1.165, 1.54) is 0 Å². The van der Waals surface area contributed by atoms with Crippen LogP contribution >= 0.6 is 0 Å². The van der Waals surface area contributed by atoms with Gasteiger partial charge in [0.1, 0.15) is 5.78 Å². The summed E-state index contributed by atoms with van der Waals surface area (Å²) >= 11 is 0. The zero-order chi connectivity index (χ0) is 11.2. The molecule has 0 saturated heterocycles. The van der Waals surface area contributed by atoms with E-state index in [-0.39, 0.29) is 5.60 Å². The molecule has 0 saturated carbocycles. The summed E-state index contributed by atoms with van der Waals surface area (Å²) in [5, 5.41) is 0. The summed E-state index contributed by atoms with van der Waals surface area (Å²) in [5.41, 5.74) is -0.303. The van der Waals surface area contributed by atoms with Crippen LogP contribution in [0.5, 0.6) is 0 Å². The summed E-state index contributed by atoms with van der Waals surface area (Å²) < 4.78 is 5.23. The van der Waals surface area contributed by atoms with Gasteiger partial charge in [-0.15, -0.1) is 0 Å². The number of methoxy groups -OCH3 is 1. The Morgan fingerprint density at radius 2 is 2.00 bits per heavy atom. The topological polar surface area (TPSA) is 26.3 Å². The van der Waals surface area contributed by atoms with E-state index >= 15 is 0 Å². The van der Waals surface area contributed by atoms with Gasteiger partial charge in [-0.1, -0.05) is 26.7 Å². The molecule has 1 unspecified atom stereocenters. The maximum atomic E-state index is 11.6. The van der Waals surface area contributed by atoms with Crippen molar-refractivity contribution >= 4 is 5.78 Å². The molecular formula is C12H24O2. The molecule has 0 aliphatic rings. The molecule has 14 heavy (non-hydrogen) atoms. The Hall–Kier alpha value is -0.370. The quantitative estimate of drug-likeness (QED) is 0.631. The number of carbonyl (C=O) groups is 1. The third kappa shape index (κ3) is 6.14. The van der Waals surface area contributed by atoms with Crippen molar-refractivity contribution in [2.24, 2.45) is 5.92 Å². The van der Waals surface area contributed by atoms with Crippen molar-refractivity contribution in [1.82, 2.24) is 0 Å². The second kappa shape index (κ2) is 6.18. The lowest BCUT2D eigenvalue weighted by Crippen LogP contribution is -2.27. The molecule has 0 rings (SSSR count). The maximum absolute atomic E-state index is 11.6. The fourth-order valence-electron chi connectivity index (χ4n) is 1.60. The van der Waals surface area contributed by atoms with Crippen molar-refractivity contribution in [3.05, 3.63) is 0 Å². The first kappa shape index (κ1) is 13.6. The highest BCUT2D eigenvalue weighted by molar-refractivity contribution is 5.79. The molecule has 0 aromatic heterocycles. The Labute approximate surface area is 88.0 Å². The van der Waals surface area contributed by atoms with Crippen LogP contribution in [0.15, 0.2) is 0 Å². The van der Waals surface area contributed by atoms with E-state index in [4.69, 9.17) is 4.74 Å². The number of ether oxygens (including phenoxy) is 1. The highest BCUT2D eigenvalue weighted by atomic mass is 16.5. The van der Waals surface area contributed by atoms with Gasteiger partial charge in [-0.25, -0.2) is 0 Å². The van der Waals surface area contributed by atoms with E-state index in [2.05, 4.69) is 13.8 Å². The van der Waals surface area contributed by atoms with Crippen LogP contribution in [-0.2, 0) is 9.53 Å². The van der Waals surface area contributed by atoms with Gasteiger partial charge in [-0.05, 0) is 19.8 Å². The molecule has 2 heteroatoms. The minimum atomic E-state index is -0.303. The molecule has 1 atom stereocenters. The minimum absolute atomic E-state index is 0.303. The smallest absolute Gasteiger partial charge is 0.136 e. The summed E-state index contributed by atoms with van der Waals surface area (Å²) in [6.07, 6.45) is 3.51. The molecule has 0 N–H and O–H groups in total. The lowest BCUT2D eigenvalue weighted by Gasteiger charge is -2.22. The monoisotopic (exact) mass is 200 g/mol. The highest BCUT2D eigenvalue weighted by Crippen LogP contribution is 2.18. The van der Waals surface area contributed by atoms with Crippen molar-refractivity contribution < 1.29 is 9.53 Å². The Morgan fingerprint density at radius 1 is 1.43 bits per heavy atom. The number of rotatable bonds is 7. The van der Waals surface area contributed by atoms with Crippen molar-refractivity contribution in [1.29, 1.82) is 0 Å². The highest BCUT2D eigenvalue weighted by Gasteiger charge is 2.21. The third-order valence-corrected chi connectivity index (χ3v) is 2.53. The molecule has 0 heterocycles. The first-order valence-corrected chi connectivity index (χ1v) is 5.48. The first-order valence-electron chi connectivity index (χ1n) is 5.48. The Balaban J connectivity index is 3.86. The molecule has 0 spiro atoms. The van der Waals surface area contributed by atoms with Crippen LogP contribution in [0.1, 0.15) is 53.4 Å². The van der Waals surface area contributed by atoms with Crippen LogP contribution in [0, 0.1) is 5.92 Å². The fraction of sp³-hybridized carbons (Fsp3) is 0.917. The second-order valence-electron chi connectivity index (χ2n) is 4.78. The van der Waals surface area contributed by atoms with Crippen molar-refractivity contribution in [2.45, 2.75) is 59.0 Å². The number of hydrogen-bond acceptors (Lipinski definition) is 2. The zero-order valence-corrected chi connectivity index (χ0v) is 10.2. The first-order chi connectivity index (χ1) is 6.41. The number of Topliss-reactive ketones (excluding diaryl/α,β-unsaturated/α-hetero) is 1. The van der Waals surface area contributed by atoms with Gasteiger partial charge in [0.15, 0.2) is 0 Å². The van der Waals surface area contributed by atoms with E-state index in [9.17, 15) is 4.79 Å². The minimum Gasteiger partial charge on any atom is -0.378 e. The molecule has 0 amide bonds. The predicted octanol–water partition coefficient (Wildman–Crippen LogP) is 3.20. The SMILES string of the molecule is CCCC(C)CC(=O)CC(C)(C)OC. The third-order valence-electron chi connectivity index (χ3n) is 2.53. The van der Waals surface area contributed by atoms with Gasteiger partial charge >= 0.3 is 0 Å². The van der Waals surface area contributed by atoms with Crippen LogP contribution in [0.4, 0.5) is 0 Å². The molecule has 0 aliphatic heterocycles. The molecule has 0 bridgehead atoms. The molecule has 84 valence electrons. The van der Waals surface area contributed by atoms with Crippen molar-refractivity contribution in [2.75, 3.05) is 7.11 Å². The van der Waals surface area contributed by atoms with Gasteiger partial charge in [0.2, 0.25) is 0 Å². The van der Waals surface area contributed by atoms with Crippen LogP contribution in [0.3, 0.4) is 0 Å². The summed E-state index contributed by atoms with van der Waals surface area (Å²) in [4.78, 5) is 11.6. The molecule has 0 fully saturated rings. The Kier molecular flexibility index (Phi) is 6.01. The maximum Gasteiger partial charge on any atom is 0.136 e.